The monoisotopic (exact) mass is 436 g/mol. The minimum atomic E-state index is -3.76. The van der Waals surface area contributed by atoms with E-state index in [1.54, 1.807) is 6.07 Å². The van der Waals surface area contributed by atoms with Gasteiger partial charge in [0.2, 0.25) is 11.2 Å². The lowest BCUT2D eigenvalue weighted by atomic mass is 9.96. The molecule has 0 aliphatic heterocycles. The highest BCUT2D eigenvalue weighted by Crippen LogP contribution is 2.50. The first-order chi connectivity index (χ1) is 14.2. The van der Waals surface area contributed by atoms with Crippen LogP contribution in [0, 0.1) is 0 Å². The van der Waals surface area contributed by atoms with Crippen molar-refractivity contribution in [2.45, 2.75) is 18.9 Å². The molecule has 1 aliphatic rings. The molecule has 0 heterocycles. The molecule has 0 unspecified atom stereocenters. The van der Waals surface area contributed by atoms with Crippen LogP contribution in [0.25, 0.3) is 11.1 Å². The second-order valence-corrected chi connectivity index (χ2v) is 8.39. The predicted octanol–water partition coefficient (Wildman–Crippen LogP) is 2.71. The second-order valence-electron chi connectivity index (χ2n) is 6.79. The summed E-state index contributed by atoms with van der Waals surface area (Å²) in [5.41, 5.74) is 2.29. The molecule has 0 radical (unpaired) electrons. The van der Waals surface area contributed by atoms with E-state index in [0.717, 1.165) is 11.8 Å². The fraction of sp³-hybridized carbons (Fsp3) is 0.381. The first kappa shape index (κ1) is 21.9. The van der Waals surface area contributed by atoms with Gasteiger partial charge in [-0.2, -0.15) is 8.42 Å². The van der Waals surface area contributed by atoms with Crippen molar-refractivity contribution in [3.63, 3.8) is 0 Å². The van der Waals surface area contributed by atoms with Crippen LogP contribution in [0.4, 0.5) is 0 Å². The van der Waals surface area contributed by atoms with Gasteiger partial charge >= 0.3 is 0 Å². The summed E-state index contributed by atoms with van der Waals surface area (Å²) >= 11 is 0. The molecule has 0 N–H and O–H groups in total. The third-order valence-corrected chi connectivity index (χ3v) is 5.54. The van der Waals surface area contributed by atoms with E-state index < -0.39 is 16.2 Å². The Morgan fingerprint density at radius 1 is 0.900 bits per heavy atom. The Bertz CT molecular complexity index is 1120. The number of fused-ring (bicyclic) bond motifs is 3. The molecule has 0 bridgehead atoms. The van der Waals surface area contributed by atoms with Gasteiger partial charge in [-0.05, 0) is 53.8 Å². The Morgan fingerprint density at radius 3 is 2.13 bits per heavy atom. The predicted molar refractivity (Wildman–Crippen MR) is 111 cm³/mol. The highest BCUT2D eigenvalue weighted by Gasteiger charge is 2.31. The van der Waals surface area contributed by atoms with E-state index >= 15 is 0 Å². The maximum Gasteiger partial charge on any atom is 0.264 e. The van der Waals surface area contributed by atoms with Gasteiger partial charge in [-0.25, -0.2) is 0 Å². The summed E-state index contributed by atoms with van der Waals surface area (Å²) in [5.74, 6) is 1.39. The maximum atomic E-state index is 12.4. The summed E-state index contributed by atoms with van der Waals surface area (Å²) < 4.78 is 51.1. The van der Waals surface area contributed by atoms with E-state index in [1.807, 2.05) is 6.07 Å². The smallest absolute Gasteiger partial charge is 0.264 e. The average Bonchev–Trinajstić information content (AvgIpc) is 2.95. The standard InChI is InChI=1S/C21H24O8S/c1-25-17-11-14-13(7-8-15(17)22)19-12(6-9-16(14)29-30(5,23)24)10-18(26-2)20(27-3)21(19)28-4/h7-8,10-11,16H,6,9H2,1-5H3/t16-/m1/s1. The summed E-state index contributed by atoms with van der Waals surface area (Å²) in [7, 11) is 2.16. The summed E-state index contributed by atoms with van der Waals surface area (Å²) in [6.45, 7) is 0. The van der Waals surface area contributed by atoms with Crippen LogP contribution in [-0.2, 0) is 20.7 Å². The van der Waals surface area contributed by atoms with E-state index in [1.165, 1.54) is 40.6 Å². The van der Waals surface area contributed by atoms with Gasteiger partial charge in [-0.3, -0.25) is 8.98 Å². The van der Waals surface area contributed by atoms with Crippen LogP contribution >= 0.6 is 0 Å². The summed E-state index contributed by atoms with van der Waals surface area (Å²) in [5, 5.41) is 0. The van der Waals surface area contributed by atoms with Crippen molar-refractivity contribution in [1.82, 2.24) is 0 Å². The number of rotatable bonds is 6. The fourth-order valence-corrected chi connectivity index (χ4v) is 4.36. The lowest BCUT2D eigenvalue weighted by Gasteiger charge is -2.19. The molecule has 0 fully saturated rings. The van der Waals surface area contributed by atoms with Crippen LogP contribution in [0.2, 0.25) is 0 Å². The van der Waals surface area contributed by atoms with Gasteiger partial charge < -0.3 is 18.9 Å². The molecule has 2 aromatic rings. The molecular formula is C21H24O8S. The Balaban J connectivity index is 2.43. The molecule has 1 atom stereocenters. The summed E-state index contributed by atoms with van der Waals surface area (Å²) in [6, 6.07) is 6.35. The molecular weight excluding hydrogens is 412 g/mol. The Labute approximate surface area is 175 Å². The molecule has 0 saturated carbocycles. The van der Waals surface area contributed by atoms with Crippen LogP contribution < -0.4 is 24.4 Å². The highest BCUT2D eigenvalue weighted by atomic mass is 32.2. The third-order valence-electron chi connectivity index (χ3n) is 4.96. The van der Waals surface area contributed by atoms with Crippen LogP contribution in [0.5, 0.6) is 23.0 Å². The molecule has 2 aromatic carbocycles. The number of methoxy groups -OCH3 is 4. The molecule has 3 rings (SSSR count). The van der Waals surface area contributed by atoms with Gasteiger partial charge in [0, 0.05) is 5.56 Å². The number of hydrogen-bond donors (Lipinski definition) is 0. The zero-order chi connectivity index (χ0) is 22.1. The number of aryl methyl sites for hydroxylation is 1. The Morgan fingerprint density at radius 2 is 1.57 bits per heavy atom. The van der Waals surface area contributed by atoms with E-state index in [0.29, 0.717) is 46.8 Å². The van der Waals surface area contributed by atoms with Crippen molar-refractivity contribution in [1.29, 1.82) is 0 Å². The van der Waals surface area contributed by atoms with E-state index in [-0.39, 0.29) is 11.2 Å². The van der Waals surface area contributed by atoms with E-state index in [2.05, 4.69) is 0 Å². The van der Waals surface area contributed by atoms with Gasteiger partial charge in [0.05, 0.1) is 34.7 Å². The highest BCUT2D eigenvalue weighted by molar-refractivity contribution is 7.86. The number of hydrogen-bond acceptors (Lipinski definition) is 8. The molecule has 30 heavy (non-hydrogen) atoms. The largest absolute Gasteiger partial charge is 0.493 e. The lowest BCUT2D eigenvalue weighted by molar-refractivity contribution is 0.206. The van der Waals surface area contributed by atoms with Crippen LogP contribution in [-0.4, -0.2) is 43.1 Å². The van der Waals surface area contributed by atoms with Crippen molar-refractivity contribution in [2.24, 2.45) is 0 Å². The van der Waals surface area contributed by atoms with Crippen molar-refractivity contribution in [3.8, 4) is 34.1 Å². The molecule has 0 saturated heterocycles. The van der Waals surface area contributed by atoms with Crippen molar-refractivity contribution >= 4 is 10.1 Å². The summed E-state index contributed by atoms with van der Waals surface area (Å²) in [6.07, 6.45) is 1.02. The van der Waals surface area contributed by atoms with E-state index in [4.69, 9.17) is 23.1 Å². The Kier molecular flexibility index (Phi) is 6.23. The van der Waals surface area contributed by atoms with Crippen molar-refractivity contribution < 1.29 is 31.5 Å². The normalized spacial score (nSPS) is 15.4. The zero-order valence-corrected chi connectivity index (χ0v) is 18.3. The fourth-order valence-electron chi connectivity index (χ4n) is 3.73. The summed E-state index contributed by atoms with van der Waals surface area (Å²) in [4.78, 5) is 12.4. The van der Waals surface area contributed by atoms with Crippen molar-refractivity contribution in [2.75, 3.05) is 34.7 Å². The minimum Gasteiger partial charge on any atom is -0.493 e. The van der Waals surface area contributed by atoms with Crippen LogP contribution in [0.1, 0.15) is 23.7 Å². The lowest BCUT2D eigenvalue weighted by Crippen LogP contribution is -2.11. The maximum absolute atomic E-state index is 12.4. The van der Waals surface area contributed by atoms with Gasteiger partial charge in [0.1, 0.15) is 6.10 Å². The van der Waals surface area contributed by atoms with Gasteiger partial charge in [-0.1, -0.05) is 0 Å². The first-order valence-corrected chi connectivity index (χ1v) is 11.0. The Hall–Kier alpha value is -2.78. The van der Waals surface area contributed by atoms with Crippen molar-refractivity contribution in [3.05, 3.63) is 45.6 Å². The molecule has 1 aliphatic carbocycles. The van der Waals surface area contributed by atoms with Gasteiger partial charge in [0.25, 0.3) is 10.1 Å². The molecule has 162 valence electrons. The minimum absolute atomic E-state index is 0.0845. The topological polar surface area (TPSA) is 97.4 Å². The molecule has 8 nitrogen and oxygen atoms in total. The average molecular weight is 436 g/mol. The third kappa shape index (κ3) is 4.08. The zero-order valence-electron chi connectivity index (χ0n) is 17.5. The quantitative estimate of drug-likeness (QED) is 0.638. The van der Waals surface area contributed by atoms with Crippen LogP contribution in [0.3, 0.4) is 0 Å². The number of ether oxygens (including phenoxy) is 4. The molecule has 0 aromatic heterocycles. The molecule has 0 spiro atoms. The van der Waals surface area contributed by atoms with Gasteiger partial charge in [-0.15, -0.1) is 0 Å². The van der Waals surface area contributed by atoms with E-state index in [9.17, 15) is 13.2 Å². The second kappa shape index (κ2) is 8.53. The van der Waals surface area contributed by atoms with Crippen LogP contribution in [0.15, 0.2) is 29.1 Å². The SMILES string of the molecule is COc1cc2c(c(OC)c1OC)-c1ccc(=O)c(OC)cc1[C@H](OS(C)(=O)=O)CC2. The van der Waals surface area contributed by atoms with Gasteiger partial charge in [0.15, 0.2) is 17.2 Å². The molecule has 0 amide bonds. The number of benzene rings is 1. The first-order valence-electron chi connectivity index (χ1n) is 9.16. The molecule has 9 heteroatoms.